The van der Waals surface area contributed by atoms with Crippen molar-refractivity contribution in [1.29, 1.82) is 0 Å². The fourth-order valence-corrected chi connectivity index (χ4v) is 1.11. The lowest BCUT2D eigenvalue weighted by molar-refractivity contribution is 0.409. The smallest absolute Gasteiger partial charge is 0.215 e. The Labute approximate surface area is 72.4 Å². The maximum atomic E-state index is 13.4. The molecule has 68 valence electrons. The molecule has 1 heterocycles. The van der Waals surface area contributed by atoms with E-state index >= 15 is 0 Å². The van der Waals surface area contributed by atoms with Crippen molar-refractivity contribution in [3.63, 3.8) is 0 Å². The van der Waals surface area contributed by atoms with Crippen LogP contribution in [0.3, 0.4) is 0 Å². The van der Waals surface area contributed by atoms with E-state index in [0.29, 0.717) is 5.56 Å². The van der Waals surface area contributed by atoms with Gasteiger partial charge in [-0.1, -0.05) is 13.8 Å². The summed E-state index contributed by atoms with van der Waals surface area (Å²) in [7, 11) is 0. The van der Waals surface area contributed by atoms with Crippen LogP contribution in [0.25, 0.3) is 0 Å². The molecule has 0 atom stereocenters. The molecule has 0 amide bonds. The summed E-state index contributed by atoms with van der Waals surface area (Å²) >= 11 is 0. The van der Waals surface area contributed by atoms with Crippen molar-refractivity contribution in [3.8, 4) is 0 Å². The maximum Gasteiger partial charge on any atom is 0.215 e. The van der Waals surface area contributed by atoms with E-state index in [-0.39, 0.29) is 17.9 Å². The van der Waals surface area contributed by atoms with Crippen LogP contribution in [-0.2, 0) is 0 Å². The van der Waals surface area contributed by atoms with Crippen molar-refractivity contribution < 1.29 is 4.39 Å². The molecule has 0 bridgehead atoms. The highest BCUT2D eigenvalue weighted by atomic mass is 19.1. The molecule has 1 aromatic rings. The molecule has 0 N–H and O–H groups in total. The molecule has 0 fully saturated rings. The maximum absolute atomic E-state index is 13.4. The Morgan fingerprint density at radius 3 is 2.17 bits per heavy atom. The van der Waals surface area contributed by atoms with Gasteiger partial charge < -0.3 is 0 Å². The van der Waals surface area contributed by atoms with Gasteiger partial charge in [-0.15, -0.1) is 0 Å². The third kappa shape index (κ3) is 1.49. The minimum atomic E-state index is -0.194. The Hall–Kier alpha value is -0.860. The number of aromatic nitrogens is 2. The van der Waals surface area contributed by atoms with E-state index in [1.54, 1.807) is 6.20 Å². The van der Waals surface area contributed by atoms with Crippen molar-refractivity contribution in [3.05, 3.63) is 17.7 Å². The van der Waals surface area contributed by atoms with Crippen LogP contribution in [0, 0.1) is 5.95 Å². The lowest BCUT2D eigenvalue weighted by Gasteiger charge is -2.06. The molecular formula is C9H15FN2. The zero-order valence-electron chi connectivity index (χ0n) is 8.00. The predicted molar refractivity (Wildman–Crippen MR) is 46.7 cm³/mol. The average Bonchev–Trinajstić information content (AvgIpc) is 2.30. The number of hydrogen-bond acceptors (Lipinski definition) is 1. The van der Waals surface area contributed by atoms with Crippen LogP contribution in [-0.4, -0.2) is 9.78 Å². The standard InChI is InChI=1S/C9H15FN2/c1-6(2)8-5-11-12(7(3)4)9(8)10/h5-7H,1-4H3. The van der Waals surface area contributed by atoms with Gasteiger partial charge in [0.05, 0.1) is 6.20 Å². The van der Waals surface area contributed by atoms with Gasteiger partial charge in [-0.2, -0.15) is 9.49 Å². The van der Waals surface area contributed by atoms with Gasteiger partial charge in [-0.05, 0) is 19.8 Å². The van der Waals surface area contributed by atoms with Crippen molar-refractivity contribution in [1.82, 2.24) is 9.78 Å². The van der Waals surface area contributed by atoms with E-state index < -0.39 is 0 Å². The summed E-state index contributed by atoms with van der Waals surface area (Å²) in [6, 6.07) is 0.0949. The van der Waals surface area contributed by atoms with Gasteiger partial charge in [0.2, 0.25) is 5.95 Å². The molecule has 0 unspecified atom stereocenters. The Morgan fingerprint density at radius 2 is 1.92 bits per heavy atom. The summed E-state index contributed by atoms with van der Waals surface area (Å²) in [5.74, 6) is 0.0116. The summed E-state index contributed by atoms with van der Waals surface area (Å²) in [6.07, 6.45) is 1.61. The van der Waals surface area contributed by atoms with Gasteiger partial charge in [0.25, 0.3) is 0 Å². The van der Waals surface area contributed by atoms with Gasteiger partial charge in [0.15, 0.2) is 0 Å². The second-order valence-corrected chi connectivity index (χ2v) is 3.58. The van der Waals surface area contributed by atoms with E-state index in [9.17, 15) is 4.39 Å². The molecular weight excluding hydrogens is 155 g/mol. The Morgan fingerprint density at radius 1 is 1.33 bits per heavy atom. The van der Waals surface area contributed by atoms with E-state index in [1.807, 2.05) is 27.7 Å². The Balaban J connectivity index is 3.04. The van der Waals surface area contributed by atoms with Crippen molar-refractivity contribution in [2.24, 2.45) is 0 Å². The molecule has 3 heteroatoms. The molecule has 1 rings (SSSR count). The number of hydrogen-bond donors (Lipinski definition) is 0. The first kappa shape index (κ1) is 9.23. The van der Waals surface area contributed by atoms with Crippen molar-refractivity contribution in [2.45, 2.75) is 39.7 Å². The van der Waals surface area contributed by atoms with Crippen LogP contribution in [0.15, 0.2) is 6.20 Å². The summed E-state index contributed by atoms with van der Waals surface area (Å²) in [4.78, 5) is 0. The predicted octanol–water partition coefficient (Wildman–Crippen LogP) is 2.73. The molecule has 0 radical (unpaired) electrons. The largest absolute Gasteiger partial charge is 0.237 e. The minimum absolute atomic E-state index is 0.0949. The summed E-state index contributed by atoms with van der Waals surface area (Å²) in [5.41, 5.74) is 0.698. The van der Waals surface area contributed by atoms with Gasteiger partial charge >= 0.3 is 0 Å². The van der Waals surface area contributed by atoms with Crippen LogP contribution >= 0.6 is 0 Å². The van der Waals surface area contributed by atoms with Crippen LogP contribution in [0.1, 0.15) is 45.2 Å². The Kier molecular flexibility index (Phi) is 2.50. The summed E-state index contributed by atoms with van der Waals surface area (Å²) in [6.45, 7) is 7.76. The molecule has 0 spiro atoms. The zero-order valence-corrected chi connectivity index (χ0v) is 8.00. The lowest BCUT2D eigenvalue weighted by atomic mass is 10.1. The third-order valence-electron chi connectivity index (χ3n) is 1.87. The molecule has 0 saturated heterocycles. The summed E-state index contributed by atoms with van der Waals surface area (Å²) in [5, 5.41) is 3.98. The minimum Gasteiger partial charge on any atom is -0.237 e. The van der Waals surface area contributed by atoms with Crippen molar-refractivity contribution >= 4 is 0 Å². The zero-order chi connectivity index (χ0) is 9.30. The quantitative estimate of drug-likeness (QED) is 0.667. The van der Waals surface area contributed by atoms with Gasteiger partial charge in [-0.3, -0.25) is 0 Å². The fourth-order valence-electron chi connectivity index (χ4n) is 1.11. The Bertz CT molecular complexity index is 238. The monoisotopic (exact) mass is 170 g/mol. The molecule has 0 aliphatic heterocycles. The van der Waals surface area contributed by atoms with Crippen LogP contribution in [0.4, 0.5) is 4.39 Å². The first-order chi connectivity index (χ1) is 5.54. The topological polar surface area (TPSA) is 17.8 Å². The van der Waals surface area contributed by atoms with Crippen molar-refractivity contribution in [2.75, 3.05) is 0 Å². The third-order valence-corrected chi connectivity index (χ3v) is 1.87. The van der Waals surface area contributed by atoms with Crippen LogP contribution in [0.2, 0.25) is 0 Å². The SMILES string of the molecule is CC(C)c1cnn(C(C)C)c1F. The van der Waals surface area contributed by atoms with Crippen LogP contribution in [0.5, 0.6) is 0 Å². The lowest BCUT2D eigenvalue weighted by Crippen LogP contribution is -2.06. The summed E-state index contributed by atoms with van der Waals surface area (Å²) < 4.78 is 14.8. The van der Waals surface area contributed by atoms with E-state index in [2.05, 4.69) is 5.10 Å². The molecule has 0 aromatic carbocycles. The second kappa shape index (κ2) is 3.25. The highest BCUT2D eigenvalue weighted by Gasteiger charge is 2.14. The highest BCUT2D eigenvalue weighted by Crippen LogP contribution is 2.19. The van der Waals surface area contributed by atoms with E-state index in [0.717, 1.165) is 0 Å². The molecule has 12 heavy (non-hydrogen) atoms. The van der Waals surface area contributed by atoms with E-state index in [4.69, 9.17) is 0 Å². The number of rotatable bonds is 2. The molecule has 0 saturated carbocycles. The van der Waals surface area contributed by atoms with Crippen LogP contribution < -0.4 is 0 Å². The number of nitrogens with zero attached hydrogens (tertiary/aromatic N) is 2. The highest BCUT2D eigenvalue weighted by molar-refractivity contribution is 5.11. The van der Waals surface area contributed by atoms with Gasteiger partial charge in [0, 0.05) is 11.6 Å². The molecule has 2 nitrogen and oxygen atoms in total. The van der Waals surface area contributed by atoms with E-state index in [1.165, 1.54) is 4.68 Å². The number of halogens is 1. The van der Waals surface area contributed by atoms with Gasteiger partial charge in [-0.25, -0.2) is 4.68 Å². The average molecular weight is 170 g/mol. The van der Waals surface area contributed by atoms with Gasteiger partial charge in [0.1, 0.15) is 0 Å². The second-order valence-electron chi connectivity index (χ2n) is 3.58. The molecule has 0 aliphatic rings. The first-order valence-corrected chi connectivity index (χ1v) is 4.27. The normalized spacial score (nSPS) is 11.6. The molecule has 1 aromatic heterocycles. The first-order valence-electron chi connectivity index (χ1n) is 4.27. The molecule has 0 aliphatic carbocycles. The fraction of sp³-hybridized carbons (Fsp3) is 0.667.